The van der Waals surface area contributed by atoms with Crippen LogP contribution in [0.2, 0.25) is 5.02 Å². The van der Waals surface area contributed by atoms with E-state index in [1.165, 1.54) is 34.0 Å². The molecule has 1 aliphatic rings. The van der Waals surface area contributed by atoms with Gasteiger partial charge in [0.25, 0.3) is 17.7 Å². The smallest absolute Gasteiger partial charge is 0.279 e. The monoisotopic (exact) mass is 448 g/mol. The van der Waals surface area contributed by atoms with Crippen LogP contribution in [0.3, 0.4) is 0 Å². The molecule has 160 valence electrons. The summed E-state index contributed by atoms with van der Waals surface area (Å²) in [6.07, 6.45) is 4.47. The van der Waals surface area contributed by atoms with Crippen molar-refractivity contribution in [3.05, 3.63) is 50.4 Å². The molecule has 0 radical (unpaired) electrons. The number of carbonyl (C=O) groups is 3. The summed E-state index contributed by atoms with van der Waals surface area (Å²) in [5.41, 5.74) is 6.30. The summed E-state index contributed by atoms with van der Waals surface area (Å²) >= 11 is 7.29. The topological polar surface area (TPSA) is 100 Å². The number of halogens is 1. The lowest BCUT2D eigenvalue weighted by atomic mass is 9.72. The molecule has 1 atom stereocenters. The van der Waals surface area contributed by atoms with Gasteiger partial charge in [-0.3, -0.25) is 30.2 Å². The van der Waals surface area contributed by atoms with Crippen molar-refractivity contribution in [2.24, 2.45) is 11.3 Å². The number of aromatic nitrogens is 1. The predicted molar refractivity (Wildman–Crippen MR) is 116 cm³/mol. The Hall–Kier alpha value is -2.45. The average Bonchev–Trinajstić information content (AvgIpc) is 3.13. The largest absolute Gasteiger partial charge is 0.342 e. The van der Waals surface area contributed by atoms with Gasteiger partial charge >= 0.3 is 0 Å². The zero-order chi connectivity index (χ0) is 21.9. The lowest BCUT2D eigenvalue weighted by Crippen LogP contribution is -2.46. The number of aryl methyl sites for hydroxylation is 1. The van der Waals surface area contributed by atoms with E-state index in [0.717, 1.165) is 19.3 Å². The molecular weight excluding hydrogens is 424 g/mol. The number of nitrogens with one attached hydrogen (secondary N) is 3. The van der Waals surface area contributed by atoms with Gasteiger partial charge in [0.05, 0.1) is 11.4 Å². The zero-order valence-corrected chi connectivity index (χ0v) is 18.7. The highest BCUT2D eigenvalue weighted by Gasteiger charge is 2.30. The van der Waals surface area contributed by atoms with Crippen LogP contribution in [0.4, 0.5) is 0 Å². The minimum atomic E-state index is -0.548. The number of amides is 3. The first-order valence-electron chi connectivity index (χ1n) is 9.74. The normalized spacial score (nSPS) is 15.8. The third kappa shape index (κ3) is 5.58. The molecule has 7 nitrogen and oxygen atoms in total. The Kier molecular flexibility index (Phi) is 6.77. The summed E-state index contributed by atoms with van der Waals surface area (Å²) in [6.45, 7) is 6.44. The van der Waals surface area contributed by atoms with Gasteiger partial charge in [-0.2, -0.15) is 0 Å². The van der Waals surface area contributed by atoms with Crippen molar-refractivity contribution in [3.63, 3.8) is 0 Å². The first-order chi connectivity index (χ1) is 14.1. The molecule has 2 aromatic rings. The van der Waals surface area contributed by atoms with Crippen molar-refractivity contribution in [3.8, 4) is 0 Å². The number of thiophene rings is 1. The van der Waals surface area contributed by atoms with E-state index < -0.39 is 11.8 Å². The molecule has 2 heterocycles. The molecule has 0 fully saturated rings. The Morgan fingerprint density at radius 2 is 1.97 bits per heavy atom. The van der Waals surface area contributed by atoms with E-state index in [2.05, 4.69) is 41.9 Å². The summed E-state index contributed by atoms with van der Waals surface area (Å²) in [4.78, 5) is 42.0. The third-order valence-corrected chi connectivity index (χ3v) is 6.68. The summed E-state index contributed by atoms with van der Waals surface area (Å²) in [5, 5.41) is 2.80. The quantitative estimate of drug-likeness (QED) is 0.625. The van der Waals surface area contributed by atoms with Crippen LogP contribution in [0.1, 0.15) is 57.8 Å². The summed E-state index contributed by atoms with van der Waals surface area (Å²) in [5.74, 6) is -0.850. The second-order valence-electron chi connectivity index (χ2n) is 8.41. The maximum Gasteiger partial charge on any atom is 0.279 e. The molecule has 1 unspecified atom stereocenters. The maximum atomic E-state index is 12.4. The highest BCUT2D eigenvalue weighted by Crippen LogP contribution is 2.40. The van der Waals surface area contributed by atoms with Crippen LogP contribution < -0.4 is 16.2 Å². The minimum absolute atomic E-state index is 0.108. The number of hydrazine groups is 1. The third-order valence-electron chi connectivity index (χ3n) is 5.21. The minimum Gasteiger partial charge on any atom is -0.342 e. The van der Waals surface area contributed by atoms with E-state index in [1.54, 1.807) is 6.07 Å². The van der Waals surface area contributed by atoms with E-state index in [0.29, 0.717) is 15.8 Å². The van der Waals surface area contributed by atoms with Crippen LogP contribution in [0, 0.1) is 11.3 Å². The second-order valence-corrected chi connectivity index (χ2v) is 9.98. The molecule has 3 rings (SSSR count). The summed E-state index contributed by atoms with van der Waals surface area (Å²) in [7, 11) is 0. The molecule has 30 heavy (non-hydrogen) atoms. The molecule has 0 spiro atoms. The maximum absolute atomic E-state index is 12.4. The van der Waals surface area contributed by atoms with Crippen molar-refractivity contribution in [2.75, 3.05) is 6.54 Å². The first kappa shape index (κ1) is 22.2. The summed E-state index contributed by atoms with van der Waals surface area (Å²) in [6, 6.07) is 4.87. The number of rotatable bonds is 4. The molecule has 1 aliphatic carbocycles. The van der Waals surface area contributed by atoms with Crippen molar-refractivity contribution >= 4 is 40.7 Å². The Bertz CT molecular complexity index is 967. The molecule has 9 heteroatoms. The van der Waals surface area contributed by atoms with Crippen LogP contribution in [-0.2, 0) is 17.6 Å². The molecule has 0 aliphatic heterocycles. The highest BCUT2D eigenvalue weighted by molar-refractivity contribution is 7.14. The van der Waals surface area contributed by atoms with Gasteiger partial charge in [-0.05, 0) is 54.4 Å². The van der Waals surface area contributed by atoms with E-state index in [9.17, 15) is 14.4 Å². The fourth-order valence-electron chi connectivity index (χ4n) is 3.39. The van der Waals surface area contributed by atoms with Crippen molar-refractivity contribution in [1.29, 1.82) is 0 Å². The van der Waals surface area contributed by atoms with Gasteiger partial charge in [0, 0.05) is 16.1 Å². The van der Waals surface area contributed by atoms with Crippen LogP contribution in [-0.4, -0.2) is 29.3 Å². The van der Waals surface area contributed by atoms with Crippen LogP contribution in [0.25, 0.3) is 0 Å². The second kappa shape index (κ2) is 9.14. The summed E-state index contributed by atoms with van der Waals surface area (Å²) < 4.78 is 0. The number of hydrogen-bond acceptors (Lipinski definition) is 5. The Morgan fingerprint density at radius 3 is 2.67 bits per heavy atom. The highest BCUT2D eigenvalue weighted by atomic mass is 35.5. The van der Waals surface area contributed by atoms with E-state index in [4.69, 9.17) is 11.6 Å². The van der Waals surface area contributed by atoms with Crippen LogP contribution in [0.15, 0.2) is 24.4 Å². The van der Waals surface area contributed by atoms with Gasteiger partial charge in [0.2, 0.25) is 0 Å². The predicted octanol–water partition coefficient (Wildman–Crippen LogP) is 3.14. The Morgan fingerprint density at radius 1 is 1.20 bits per heavy atom. The Balaban J connectivity index is 1.48. The fraction of sp³-hybridized carbons (Fsp3) is 0.429. The van der Waals surface area contributed by atoms with Gasteiger partial charge < -0.3 is 5.32 Å². The average molecular weight is 449 g/mol. The van der Waals surface area contributed by atoms with Gasteiger partial charge in [-0.25, -0.2) is 0 Å². The molecular formula is C21H25ClN4O3S. The van der Waals surface area contributed by atoms with Crippen LogP contribution >= 0.6 is 22.9 Å². The molecule has 0 saturated carbocycles. The van der Waals surface area contributed by atoms with E-state index in [-0.39, 0.29) is 23.6 Å². The lowest BCUT2D eigenvalue weighted by Gasteiger charge is -2.33. The van der Waals surface area contributed by atoms with Gasteiger partial charge in [0.1, 0.15) is 5.69 Å². The number of hydrogen-bond donors (Lipinski definition) is 3. The zero-order valence-electron chi connectivity index (χ0n) is 17.2. The van der Waals surface area contributed by atoms with Gasteiger partial charge in [-0.1, -0.05) is 32.4 Å². The molecule has 3 amide bonds. The molecule has 3 N–H and O–H groups in total. The van der Waals surface area contributed by atoms with Gasteiger partial charge in [-0.15, -0.1) is 11.3 Å². The van der Waals surface area contributed by atoms with Crippen molar-refractivity contribution in [1.82, 2.24) is 21.2 Å². The van der Waals surface area contributed by atoms with Crippen molar-refractivity contribution in [2.45, 2.75) is 40.0 Å². The van der Waals surface area contributed by atoms with E-state index in [1.807, 2.05) is 6.07 Å². The number of pyridine rings is 1. The Labute approximate surface area is 184 Å². The van der Waals surface area contributed by atoms with E-state index >= 15 is 0 Å². The number of nitrogens with zero attached hydrogens (tertiary/aromatic N) is 1. The van der Waals surface area contributed by atoms with Crippen molar-refractivity contribution < 1.29 is 14.4 Å². The molecule has 0 saturated heterocycles. The SMILES string of the molecule is CC(C)(C)C1CCc2sc(C(=O)NNC(=O)CNC(=O)c3cc(Cl)ccn3)cc2C1. The lowest BCUT2D eigenvalue weighted by molar-refractivity contribution is -0.120. The van der Waals surface area contributed by atoms with Crippen LogP contribution in [0.5, 0.6) is 0 Å². The number of fused-ring (bicyclic) bond motifs is 1. The first-order valence-corrected chi connectivity index (χ1v) is 10.9. The number of carbonyl (C=O) groups excluding carboxylic acids is 3. The molecule has 0 aromatic carbocycles. The fourth-order valence-corrected chi connectivity index (χ4v) is 4.65. The molecule has 0 bridgehead atoms. The standard InChI is InChI=1S/C21H25ClN4O3S/c1-21(2,3)13-4-5-16-12(8-13)9-17(30-16)20(29)26-25-18(27)11-24-19(28)15-10-14(22)6-7-23-15/h6-7,9-10,13H,4-5,8,11H2,1-3H3,(H,24,28)(H,25,27)(H,26,29). The molecule has 2 aromatic heterocycles. The van der Waals surface area contributed by atoms with Gasteiger partial charge in [0.15, 0.2) is 0 Å².